The molecule has 0 bridgehead atoms. The number of hydrogen-bond acceptors (Lipinski definition) is 4. The molecule has 0 saturated carbocycles. The molecule has 0 aliphatic carbocycles. The van der Waals surface area contributed by atoms with Crippen molar-refractivity contribution in [3.05, 3.63) is 16.4 Å². The van der Waals surface area contributed by atoms with Gasteiger partial charge in [0, 0.05) is 39.3 Å². The molecule has 1 aromatic rings. The molecule has 122 valence electrons. The van der Waals surface area contributed by atoms with Gasteiger partial charge in [-0.25, -0.2) is 4.79 Å². The minimum atomic E-state index is -0.509. The van der Waals surface area contributed by atoms with Crippen LogP contribution in [-0.2, 0) is 11.8 Å². The quantitative estimate of drug-likeness (QED) is 0.754. The molecular weight excluding hydrogens is 352 g/mol. The third-order valence-electron chi connectivity index (χ3n) is 3.29. The van der Waals surface area contributed by atoms with Crippen molar-refractivity contribution in [1.82, 2.24) is 19.6 Å². The molecule has 0 radical (unpaired) electrons. The SMILES string of the molecule is Cn1nc(Br)cc1C(=O)N1CCN(C(=O)OC(C)(C)C)CC1. The Kier molecular flexibility index (Phi) is 4.79. The van der Waals surface area contributed by atoms with Crippen molar-refractivity contribution in [2.45, 2.75) is 26.4 Å². The van der Waals surface area contributed by atoms with Gasteiger partial charge in [-0.05, 0) is 36.7 Å². The molecule has 2 rings (SSSR count). The lowest BCUT2D eigenvalue weighted by Crippen LogP contribution is -2.51. The molecule has 0 aromatic carbocycles. The topological polar surface area (TPSA) is 67.7 Å². The first-order valence-electron chi connectivity index (χ1n) is 7.14. The molecular formula is C14H21BrN4O3. The Labute approximate surface area is 138 Å². The van der Waals surface area contributed by atoms with Crippen molar-refractivity contribution in [3.63, 3.8) is 0 Å². The van der Waals surface area contributed by atoms with E-state index < -0.39 is 5.60 Å². The number of nitrogens with zero attached hydrogens (tertiary/aromatic N) is 4. The highest BCUT2D eigenvalue weighted by Gasteiger charge is 2.29. The molecule has 1 aliphatic heterocycles. The Morgan fingerprint density at radius 3 is 2.18 bits per heavy atom. The third-order valence-corrected chi connectivity index (χ3v) is 3.68. The Bertz CT molecular complexity index is 571. The van der Waals surface area contributed by atoms with Crippen LogP contribution in [0.4, 0.5) is 4.79 Å². The summed E-state index contributed by atoms with van der Waals surface area (Å²) < 4.78 is 7.52. The van der Waals surface area contributed by atoms with Crippen LogP contribution >= 0.6 is 15.9 Å². The third kappa shape index (κ3) is 4.00. The average molecular weight is 373 g/mol. The van der Waals surface area contributed by atoms with Crippen LogP contribution in [0.15, 0.2) is 10.7 Å². The predicted octanol–water partition coefficient (Wildman–Crippen LogP) is 1.88. The van der Waals surface area contributed by atoms with Crippen LogP contribution in [0.25, 0.3) is 0 Å². The molecule has 1 saturated heterocycles. The minimum absolute atomic E-state index is 0.0791. The first-order chi connectivity index (χ1) is 10.2. The van der Waals surface area contributed by atoms with Crippen molar-refractivity contribution >= 4 is 27.9 Å². The molecule has 1 fully saturated rings. The van der Waals surface area contributed by atoms with E-state index in [9.17, 15) is 9.59 Å². The predicted molar refractivity (Wildman–Crippen MR) is 84.6 cm³/mol. The van der Waals surface area contributed by atoms with E-state index in [2.05, 4.69) is 21.0 Å². The summed E-state index contributed by atoms with van der Waals surface area (Å²) in [6.45, 7) is 7.43. The van der Waals surface area contributed by atoms with Crippen LogP contribution in [0.1, 0.15) is 31.3 Å². The number of amides is 2. The van der Waals surface area contributed by atoms with Crippen LogP contribution in [0.3, 0.4) is 0 Å². The van der Waals surface area contributed by atoms with E-state index in [1.165, 1.54) is 0 Å². The maximum absolute atomic E-state index is 12.4. The van der Waals surface area contributed by atoms with Gasteiger partial charge in [0.05, 0.1) is 0 Å². The Hall–Kier alpha value is -1.57. The lowest BCUT2D eigenvalue weighted by atomic mass is 10.2. The van der Waals surface area contributed by atoms with Crippen molar-refractivity contribution in [3.8, 4) is 0 Å². The van der Waals surface area contributed by atoms with Gasteiger partial charge in [0.25, 0.3) is 5.91 Å². The number of carbonyl (C=O) groups excluding carboxylic acids is 2. The largest absolute Gasteiger partial charge is 0.444 e. The smallest absolute Gasteiger partial charge is 0.410 e. The first-order valence-corrected chi connectivity index (χ1v) is 7.93. The molecule has 0 spiro atoms. The number of aryl methyl sites for hydroxylation is 1. The van der Waals surface area contributed by atoms with Gasteiger partial charge >= 0.3 is 6.09 Å². The summed E-state index contributed by atoms with van der Waals surface area (Å²) in [5, 5.41) is 4.11. The fourth-order valence-corrected chi connectivity index (χ4v) is 2.67. The maximum Gasteiger partial charge on any atom is 0.410 e. The lowest BCUT2D eigenvalue weighted by molar-refractivity contribution is 0.0139. The molecule has 2 heterocycles. The second-order valence-electron chi connectivity index (χ2n) is 6.24. The molecule has 1 aliphatic rings. The Morgan fingerprint density at radius 1 is 1.18 bits per heavy atom. The van der Waals surface area contributed by atoms with Crippen LogP contribution in [0, 0.1) is 0 Å². The zero-order chi connectivity index (χ0) is 16.5. The number of rotatable bonds is 1. The maximum atomic E-state index is 12.4. The summed E-state index contributed by atoms with van der Waals surface area (Å²) in [6, 6.07) is 1.70. The fraction of sp³-hybridized carbons (Fsp3) is 0.643. The van der Waals surface area contributed by atoms with E-state index in [0.29, 0.717) is 36.5 Å². The van der Waals surface area contributed by atoms with Gasteiger partial charge in [-0.1, -0.05) is 0 Å². The van der Waals surface area contributed by atoms with E-state index in [1.54, 1.807) is 27.6 Å². The molecule has 1 aromatic heterocycles. The number of carbonyl (C=O) groups is 2. The zero-order valence-corrected chi connectivity index (χ0v) is 14.9. The summed E-state index contributed by atoms with van der Waals surface area (Å²) in [4.78, 5) is 27.8. The van der Waals surface area contributed by atoms with Gasteiger partial charge in [0.15, 0.2) is 0 Å². The molecule has 0 unspecified atom stereocenters. The molecule has 2 amide bonds. The number of piperazine rings is 1. The van der Waals surface area contributed by atoms with Crippen LogP contribution in [-0.4, -0.2) is 63.4 Å². The molecule has 22 heavy (non-hydrogen) atoms. The average Bonchev–Trinajstić information content (AvgIpc) is 2.75. The van der Waals surface area contributed by atoms with E-state index in [4.69, 9.17) is 4.74 Å². The molecule has 0 atom stereocenters. The molecule has 8 heteroatoms. The van der Waals surface area contributed by atoms with E-state index in [-0.39, 0.29) is 12.0 Å². The second kappa shape index (κ2) is 6.28. The zero-order valence-electron chi connectivity index (χ0n) is 13.3. The summed E-state index contributed by atoms with van der Waals surface area (Å²) in [7, 11) is 1.73. The standard InChI is InChI=1S/C14H21BrN4O3/c1-14(2,3)22-13(21)19-7-5-18(6-8-19)12(20)10-9-11(15)16-17(10)4/h9H,5-8H2,1-4H3. The van der Waals surface area contributed by atoms with Gasteiger partial charge in [-0.2, -0.15) is 5.10 Å². The monoisotopic (exact) mass is 372 g/mol. The highest BCUT2D eigenvalue weighted by molar-refractivity contribution is 9.10. The van der Waals surface area contributed by atoms with Gasteiger partial charge in [0.2, 0.25) is 0 Å². The summed E-state index contributed by atoms with van der Waals surface area (Å²) in [5.74, 6) is -0.0791. The van der Waals surface area contributed by atoms with Crippen molar-refractivity contribution in [2.24, 2.45) is 7.05 Å². The summed E-state index contributed by atoms with van der Waals surface area (Å²) >= 11 is 3.26. The van der Waals surface area contributed by atoms with E-state index >= 15 is 0 Å². The van der Waals surface area contributed by atoms with Gasteiger partial charge in [-0.15, -0.1) is 0 Å². The van der Waals surface area contributed by atoms with Gasteiger partial charge < -0.3 is 14.5 Å². The van der Waals surface area contributed by atoms with E-state index in [0.717, 1.165) is 0 Å². The summed E-state index contributed by atoms with van der Waals surface area (Å²) in [5.41, 5.74) is 0.0166. The van der Waals surface area contributed by atoms with E-state index in [1.807, 2.05) is 20.8 Å². The Morgan fingerprint density at radius 2 is 1.73 bits per heavy atom. The van der Waals surface area contributed by atoms with Gasteiger partial charge in [-0.3, -0.25) is 9.48 Å². The van der Waals surface area contributed by atoms with Crippen molar-refractivity contribution in [2.75, 3.05) is 26.2 Å². The van der Waals surface area contributed by atoms with Crippen LogP contribution in [0.2, 0.25) is 0 Å². The Balaban J connectivity index is 1.93. The second-order valence-corrected chi connectivity index (χ2v) is 7.05. The van der Waals surface area contributed by atoms with Crippen molar-refractivity contribution in [1.29, 1.82) is 0 Å². The number of hydrogen-bond donors (Lipinski definition) is 0. The van der Waals surface area contributed by atoms with Crippen LogP contribution in [0.5, 0.6) is 0 Å². The summed E-state index contributed by atoms with van der Waals surface area (Å²) in [6.07, 6.45) is -0.331. The first kappa shape index (κ1) is 16.8. The highest BCUT2D eigenvalue weighted by Crippen LogP contribution is 2.15. The molecule has 7 nitrogen and oxygen atoms in total. The van der Waals surface area contributed by atoms with Gasteiger partial charge in [0.1, 0.15) is 15.9 Å². The number of aromatic nitrogens is 2. The number of halogens is 1. The van der Waals surface area contributed by atoms with Crippen molar-refractivity contribution < 1.29 is 14.3 Å². The molecule has 0 N–H and O–H groups in total. The van der Waals surface area contributed by atoms with Crippen LogP contribution < -0.4 is 0 Å². The lowest BCUT2D eigenvalue weighted by Gasteiger charge is -2.35. The minimum Gasteiger partial charge on any atom is -0.444 e. The number of ether oxygens (including phenoxy) is 1. The fourth-order valence-electron chi connectivity index (χ4n) is 2.21. The highest BCUT2D eigenvalue weighted by atomic mass is 79.9. The normalized spacial score (nSPS) is 15.9.